The SMILES string of the molecule is C#Cc1ccc2ccc3c(c2c1/C=C(\C)c1ccc(N(c2ccc4ccccc4c2)c2ccc4c(ccc5ccccc54)c2)cc1)NC(c1ccccc1)O3. The Hall–Kier alpha value is -7.28. The minimum Gasteiger partial charge on any atom is -0.464 e. The van der Waals surface area contributed by atoms with Crippen LogP contribution >= 0.6 is 0 Å². The third-order valence-corrected chi connectivity index (χ3v) is 10.9. The van der Waals surface area contributed by atoms with Crippen molar-refractivity contribution < 1.29 is 4.74 Å². The Labute approximate surface area is 320 Å². The van der Waals surface area contributed by atoms with E-state index in [1.54, 1.807) is 0 Å². The number of terminal acetylenes is 1. The quantitative estimate of drug-likeness (QED) is 0.106. The van der Waals surface area contributed by atoms with Gasteiger partial charge < -0.3 is 15.0 Å². The van der Waals surface area contributed by atoms with Gasteiger partial charge in [0.25, 0.3) is 0 Å². The highest BCUT2D eigenvalue weighted by Gasteiger charge is 2.26. The normalized spacial score (nSPS) is 13.7. The molecule has 0 radical (unpaired) electrons. The monoisotopic (exact) mass is 704 g/mol. The number of hydrogen-bond donors (Lipinski definition) is 1. The smallest absolute Gasteiger partial charge is 0.196 e. The molecule has 55 heavy (non-hydrogen) atoms. The van der Waals surface area contributed by atoms with Gasteiger partial charge in [-0.25, -0.2) is 0 Å². The van der Waals surface area contributed by atoms with Gasteiger partial charge in [0.2, 0.25) is 0 Å². The predicted octanol–water partition coefficient (Wildman–Crippen LogP) is 13.8. The van der Waals surface area contributed by atoms with Crippen molar-refractivity contribution in [2.75, 3.05) is 10.2 Å². The van der Waals surface area contributed by atoms with E-state index >= 15 is 0 Å². The largest absolute Gasteiger partial charge is 0.464 e. The van der Waals surface area contributed by atoms with Gasteiger partial charge in [0.1, 0.15) is 5.75 Å². The van der Waals surface area contributed by atoms with E-state index in [4.69, 9.17) is 11.2 Å². The van der Waals surface area contributed by atoms with Crippen molar-refractivity contribution in [2.45, 2.75) is 13.2 Å². The summed E-state index contributed by atoms with van der Waals surface area (Å²) in [6.45, 7) is 2.16. The van der Waals surface area contributed by atoms with Crippen LogP contribution in [0.5, 0.6) is 5.75 Å². The zero-order valence-corrected chi connectivity index (χ0v) is 30.3. The Morgan fingerprint density at radius 2 is 1.22 bits per heavy atom. The predicted molar refractivity (Wildman–Crippen MR) is 233 cm³/mol. The summed E-state index contributed by atoms with van der Waals surface area (Å²) in [4.78, 5) is 2.35. The highest BCUT2D eigenvalue weighted by atomic mass is 16.5. The first kappa shape index (κ1) is 32.4. The van der Waals surface area contributed by atoms with Crippen LogP contribution in [0.25, 0.3) is 54.7 Å². The van der Waals surface area contributed by atoms with Crippen molar-refractivity contribution in [3.63, 3.8) is 0 Å². The Morgan fingerprint density at radius 3 is 2.04 bits per heavy atom. The molecule has 10 rings (SSSR count). The molecule has 0 spiro atoms. The fourth-order valence-electron chi connectivity index (χ4n) is 8.09. The lowest BCUT2D eigenvalue weighted by atomic mass is 9.94. The number of nitrogens with one attached hydrogen (secondary N) is 1. The van der Waals surface area contributed by atoms with Gasteiger partial charge in [-0.3, -0.25) is 0 Å². The molecule has 1 unspecified atom stereocenters. The molecule has 9 aromatic rings. The molecule has 1 aliphatic heterocycles. The van der Waals surface area contributed by atoms with Crippen LogP contribution in [0.1, 0.15) is 35.4 Å². The minimum atomic E-state index is -0.269. The van der Waals surface area contributed by atoms with Crippen LogP contribution in [0, 0.1) is 12.3 Å². The van der Waals surface area contributed by atoms with Gasteiger partial charge >= 0.3 is 0 Å². The molecule has 0 saturated heterocycles. The lowest BCUT2D eigenvalue weighted by molar-refractivity contribution is 0.260. The molecule has 0 fully saturated rings. The number of anilines is 4. The van der Waals surface area contributed by atoms with E-state index < -0.39 is 0 Å². The molecule has 0 bridgehead atoms. The van der Waals surface area contributed by atoms with Crippen molar-refractivity contribution in [3.05, 3.63) is 198 Å². The highest BCUT2D eigenvalue weighted by molar-refractivity contribution is 6.09. The lowest BCUT2D eigenvalue weighted by Gasteiger charge is -2.26. The number of fused-ring (bicyclic) bond motifs is 7. The first-order valence-corrected chi connectivity index (χ1v) is 18.6. The van der Waals surface area contributed by atoms with E-state index in [0.29, 0.717) is 0 Å². The van der Waals surface area contributed by atoms with Crippen LogP contribution in [0.4, 0.5) is 22.7 Å². The molecule has 1 atom stereocenters. The van der Waals surface area contributed by atoms with Gasteiger partial charge in [0, 0.05) is 39.1 Å². The topological polar surface area (TPSA) is 24.5 Å². The van der Waals surface area contributed by atoms with E-state index in [2.05, 4.69) is 175 Å². The van der Waals surface area contributed by atoms with Crippen molar-refractivity contribution >= 4 is 77.5 Å². The molecule has 0 aromatic heterocycles. The third-order valence-electron chi connectivity index (χ3n) is 10.9. The Bertz CT molecular complexity index is 3010. The summed E-state index contributed by atoms with van der Waals surface area (Å²) in [5, 5.41) is 13.2. The van der Waals surface area contributed by atoms with E-state index in [9.17, 15) is 0 Å². The van der Waals surface area contributed by atoms with Gasteiger partial charge in [0.15, 0.2) is 6.23 Å². The third kappa shape index (κ3) is 5.73. The first-order chi connectivity index (χ1) is 27.1. The summed E-state index contributed by atoms with van der Waals surface area (Å²) >= 11 is 0. The van der Waals surface area contributed by atoms with Crippen LogP contribution in [-0.2, 0) is 0 Å². The van der Waals surface area contributed by atoms with Gasteiger partial charge in [-0.2, -0.15) is 0 Å². The summed E-state index contributed by atoms with van der Waals surface area (Å²) in [5.41, 5.74) is 9.39. The average Bonchev–Trinajstić information content (AvgIpc) is 3.69. The standard InChI is InChI=1S/C52H36N2O/c1-3-35-17-19-39-24-30-49-51(53-52(55-49)40-13-5-4-6-14-40)50(39)48(35)31-34(2)36-21-25-43(26-22-36)54(44-27-23-37-11-7-8-15-41(37)32-44)45-28-29-47-42(33-45)20-18-38-12-9-10-16-46(38)47/h1,4-33,52-53H,2H3/b34-31+. The first-order valence-electron chi connectivity index (χ1n) is 18.6. The number of ether oxygens (including phenoxy) is 1. The molecule has 3 heteroatoms. The second kappa shape index (κ2) is 13.3. The number of rotatable bonds is 6. The summed E-state index contributed by atoms with van der Waals surface area (Å²) in [5.74, 6) is 3.78. The second-order valence-corrected chi connectivity index (χ2v) is 14.2. The van der Waals surface area contributed by atoms with E-state index in [-0.39, 0.29) is 6.23 Å². The van der Waals surface area contributed by atoms with E-state index in [1.165, 1.54) is 32.3 Å². The van der Waals surface area contributed by atoms with Gasteiger partial charge in [0.05, 0.1) is 5.69 Å². The fraction of sp³-hybridized carbons (Fsp3) is 0.0385. The van der Waals surface area contributed by atoms with Crippen LogP contribution in [0.3, 0.4) is 0 Å². The van der Waals surface area contributed by atoms with E-state index in [1.807, 2.05) is 30.3 Å². The highest BCUT2D eigenvalue weighted by Crippen LogP contribution is 2.46. The molecular weight excluding hydrogens is 669 g/mol. The molecular formula is C52H36N2O. The number of benzene rings is 9. The van der Waals surface area contributed by atoms with Crippen LogP contribution < -0.4 is 15.0 Å². The molecule has 1 heterocycles. The zero-order valence-electron chi connectivity index (χ0n) is 30.3. The molecule has 1 N–H and O–H groups in total. The maximum Gasteiger partial charge on any atom is 0.196 e. The molecule has 1 aliphatic rings. The molecule has 9 aromatic carbocycles. The average molecular weight is 705 g/mol. The van der Waals surface area contributed by atoms with Crippen molar-refractivity contribution in [1.29, 1.82) is 0 Å². The van der Waals surface area contributed by atoms with Gasteiger partial charge in [-0.1, -0.05) is 133 Å². The second-order valence-electron chi connectivity index (χ2n) is 14.2. The fourth-order valence-corrected chi connectivity index (χ4v) is 8.09. The summed E-state index contributed by atoms with van der Waals surface area (Å²) in [7, 11) is 0. The number of allylic oxidation sites excluding steroid dienone is 1. The summed E-state index contributed by atoms with van der Waals surface area (Å²) in [6.07, 6.45) is 8.10. The maximum absolute atomic E-state index is 6.41. The van der Waals surface area contributed by atoms with Gasteiger partial charge in [-0.05, 0) is 110 Å². The van der Waals surface area contributed by atoms with Crippen LogP contribution in [0.15, 0.2) is 176 Å². The maximum atomic E-state index is 6.41. The molecule has 0 saturated carbocycles. The zero-order chi connectivity index (χ0) is 36.9. The summed E-state index contributed by atoms with van der Waals surface area (Å²) < 4.78 is 6.41. The molecule has 3 nitrogen and oxygen atoms in total. The summed E-state index contributed by atoms with van der Waals surface area (Å²) in [6, 6.07) is 62.5. The van der Waals surface area contributed by atoms with Crippen LogP contribution in [-0.4, -0.2) is 0 Å². The van der Waals surface area contributed by atoms with Gasteiger partial charge in [-0.15, -0.1) is 6.42 Å². The number of hydrogen-bond acceptors (Lipinski definition) is 3. The minimum absolute atomic E-state index is 0.269. The Morgan fingerprint density at radius 1 is 0.600 bits per heavy atom. The van der Waals surface area contributed by atoms with Crippen LogP contribution in [0.2, 0.25) is 0 Å². The number of nitrogens with zero attached hydrogens (tertiary/aromatic N) is 1. The van der Waals surface area contributed by atoms with E-state index in [0.717, 1.165) is 67.1 Å². The Balaban J connectivity index is 1.05. The molecule has 0 amide bonds. The van der Waals surface area contributed by atoms with Crippen molar-refractivity contribution in [2.24, 2.45) is 0 Å². The van der Waals surface area contributed by atoms with Crippen molar-refractivity contribution in [3.8, 4) is 18.1 Å². The molecule has 0 aliphatic carbocycles. The lowest BCUT2D eigenvalue weighted by Crippen LogP contribution is -2.10. The molecule has 260 valence electrons. The van der Waals surface area contributed by atoms with Crippen molar-refractivity contribution in [1.82, 2.24) is 0 Å². The Kier molecular flexibility index (Phi) is 7.82.